The van der Waals surface area contributed by atoms with E-state index in [4.69, 9.17) is 0 Å². The number of aromatic nitrogens is 3. The fourth-order valence-corrected chi connectivity index (χ4v) is 4.61. The molecule has 2 aliphatic rings. The maximum Gasteiger partial charge on any atom is 0.350 e. The largest absolute Gasteiger partial charge is 0.350 e. The van der Waals surface area contributed by atoms with Gasteiger partial charge in [0, 0.05) is 45.5 Å². The van der Waals surface area contributed by atoms with E-state index in [9.17, 15) is 14.4 Å². The van der Waals surface area contributed by atoms with Gasteiger partial charge in [0.2, 0.25) is 11.8 Å². The molecule has 2 saturated heterocycles. The predicted octanol–water partition coefficient (Wildman–Crippen LogP) is 0.145. The van der Waals surface area contributed by atoms with Gasteiger partial charge in [0.1, 0.15) is 6.54 Å². The minimum Gasteiger partial charge on any atom is -0.341 e. The Labute approximate surface area is 175 Å². The number of amides is 2. The van der Waals surface area contributed by atoms with Crippen molar-refractivity contribution in [3.05, 3.63) is 34.9 Å². The topological polar surface area (TPSA) is 83.2 Å². The summed E-state index contributed by atoms with van der Waals surface area (Å²) in [6, 6.07) is 5.30. The fourth-order valence-electron chi connectivity index (χ4n) is 4.61. The van der Waals surface area contributed by atoms with E-state index in [1.165, 1.54) is 15.5 Å². The average molecular weight is 415 g/mol. The number of fused-ring (bicyclic) bond motifs is 1. The monoisotopic (exact) mass is 414 g/mol. The van der Waals surface area contributed by atoms with E-state index in [0.29, 0.717) is 50.2 Å². The first-order chi connectivity index (χ1) is 14.4. The number of hydrogen-bond acceptors (Lipinski definition) is 5. The third kappa shape index (κ3) is 4.40. The molecule has 2 aromatic heterocycles. The van der Waals surface area contributed by atoms with Gasteiger partial charge in [-0.25, -0.2) is 9.48 Å². The smallest absolute Gasteiger partial charge is 0.341 e. The van der Waals surface area contributed by atoms with E-state index in [-0.39, 0.29) is 24.0 Å². The quantitative estimate of drug-likeness (QED) is 0.711. The SMILES string of the molecule is CC1CC(C)CN(C(=O)CN2CCN(C(=O)Cn3nc4ccccn4c3=O)CC2)C1. The number of piperidine rings is 1. The second-order valence-electron chi connectivity index (χ2n) is 8.77. The van der Waals surface area contributed by atoms with Crippen molar-refractivity contribution in [3.8, 4) is 0 Å². The Morgan fingerprint density at radius 1 is 0.967 bits per heavy atom. The third-order valence-corrected chi connectivity index (χ3v) is 6.08. The molecular formula is C21H30N6O3. The van der Waals surface area contributed by atoms with Crippen LogP contribution in [0.5, 0.6) is 0 Å². The summed E-state index contributed by atoms with van der Waals surface area (Å²) in [4.78, 5) is 43.6. The van der Waals surface area contributed by atoms with Crippen molar-refractivity contribution in [1.82, 2.24) is 28.9 Å². The van der Waals surface area contributed by atoms with E-state index in [1.807, 2.05) is 4.90 Å². The van der Waals surface area contributed by atoms with Gasteiger partial charge in [-0.2, -0.15) is 0 Å². The van der Waals surface area contributed by atoms with Gasteiger partial charge in [-0.1, -0.05) is 19.9 Å². The molecule has 2 aromatic rings. The number of likely N-dealkylation sites (tertiary alicyclic amines) is 1. The molecule has 0 saturated carbocycles. The van der Waals surface area contributed by atoms with Gasteiger partial charge in [-0.3, -0.25) is 18.9 Å². The van der Waals surface area contributed by atoms with Crippen LogP contribution in [-0.4, -0.2) is 86.5 Å². The Balaban J connectivity index is 1.28. The molecule has 162 valence electrons. The van der Waals surface area contributed by atoms with Crippen LogP contribution in [0.3, 0.4) is 0 Å². The van der Waals surface area contributed by atoms with Crippen LogP contribution in [0.25, 0.3) is 5.65 Å². The lowest BCUT2D eigenvalue weighted by molar-refractivity contribution is -0.137. The predicted molar refractivity (Wildman–Crippen MR) is 112 cm³/mol. The van der Waals surface area contributed by atoms with Crippen LogP contribution in [0.1, 0.15) is 20.3 Å². The molecule has 2 amide bonds. The van der Waals surface area contributed by atoms with Gasteiger partial charge in [0.05, 0.1) is 6.54 Å². The molecular weight excluding hydrogens is 384 g/mol. The minimum absolute atomic E-state index is 0.0665. The Morgan fingerprint density at radius 3 is 2.30 bits per heavy atom. The zero-order valence-electron chi connectivity index (χ0n) is 17.7. The van der Waals surface area contributed by atoms with Crippen molar-refractivity contribution in [2.75, 3.05) is 45.8 Å². The van der Waals surface area contributed by atoms with Crippen LogP contribution in [0.2, 0.25) is 0 Å². The molecule has 30 heavy (non-hydrogen) atoms. The van der Waals surface area contributed by atoms with Crippen molar-refractivity contribution in [2.45, 2.75) is 26.8 Å². The van der Waals surface area contributed by atoms with E-state index >= 15 is 0 Å². The molecule has 4 heterocycles. The number of pyridine rings is 1. The average Bonchev–Trinajstić information content (AvgIpc) is 3.03. The van der Waals surface area contributed by atoms with E-state index in [0.717, 1.165) is 13.1 Å². The van der Waals surface area contributed by atoms with Crippen LogP contribution in [-0.2, 0) is 16.1 Å². The molecule has 2 atom stereocenters. The maximum absolute atomic E-state index is 12.7. The van der Waals surface area contributed by atoms with E-state index < -0.39 is 0 Å². The Kier molecular flexibility index (Phi) is 5.90. The normalized spacial score (nSPS) is 23.1. The second kappa shape index (κ2) is 8.59. The Hall–Kier alpha value is -2.68. The first kappa shape index (κ1) is 20.6. The number of hydrogen-bond donors (Lipinski definition) is 0. The van der Waals surface area contributed by atoms with Crippen LogP contribution in [0.4, 0.5) is 0 Å². The summed E-state index contributed by atoms with van der Waals surface area (Å²) in [7, 11) is 0. The standard InChI is InChI=1S/C21H30N6O3/c1-16-11-17(2)13-25(12-16)19(28)14-23-7-9-24(10-8-23)20(29)15-27-21(30)26-6-4-3-5-18(26)22-27/h3-6,16-17H,7-15H2,1-2H3. The molecule has 2 unspecified atom stereocenters. The highest BCUT2D eigenvalue weighted by atomic mass is 16.2. The number of rotatable bonds is 4. The maximum atomic E-state index is 12.7. The molecule has 0 N–H and O–H groups in total. The number of piperazine rings is 1. The molecule has 2 fully saturated rings. The summed E-state index contributed by atoms with van der Waals surface area (Å²) in [5.74, 6) is 1.17. The van der Waals surface area contributed by atoms with Gasteiger partial charge in [-0.05, 0) is 30.4 Å². The molecule has 2 aliphatic heterocycles. The lowest BCUT2D eigenvalue weighted by atomic mass is 9.92. The van der Waals surface area contributed by atoms with Crippen LogP contribution < -0.4 is 5.69 Å². The summed E-state index contributed by atoms with van der Waals surface area (Å²) in [6.07, 6.45) is 2.82. The molecule has 9 heteroatoms. The lowest BCUT2D eigenvalue weighted by Gasteiger charge is -2.38. The zero-order chi connectivity index (χ0) is 21.3. The highest BCUT2D eigenvalue weighted by molar-refractivity contribution is 5.78. The Morgan fingerprint density at radius 2 is 1.63 bits per heavy atom. The second-order valence-corrected chi connectivity index (χ2v) is 8.77. The molecule has 0 aromatic carbocycles. The van der Waals surface area contributed by atoms with Crippen LogP contribution in [0, 0.1) is 11.8 Å². The minimum atomic E-state index is -0.312. The van der Waals surface area contributed by atoms with Crippen molar-refractivity contribution >= 4 is 17.5 Å². The van der Waals surface area contributed by atoms with E-state index in [1.54, 1.807) is 29.3 Å². The zero-order valence-corrected chi connectivity index (χ0v) is 17.7. The Bertz CT molecular complexity index is 965. The summed E-state index contributed by atoms with van der Waals surface area (Å²) >= 11 is 0. The van der Waals surface area contributed by atoms with Gasteiger partial charge in [0.25, 0.3) is 0 Å². The van der Waals surface area contributed by atoms with Crippen molar-refractivity contribution < 1.29 is 9.59 Å². The summed E-state index contributed by atoms with van der Waals surface area (Å²) in [5, 5.41) is 4.22. The molecule has 0 aliphatic carbocycles. The molecule has 0 spiro atoms. The number of carbonyl (C=O) groups is 2. The van der Waals surface area contributed by atoms with E-state index in [2.05, 4.69) is 23.8 Å². The van der Waals surface area contributed by atoms with Crippen LogP contribution in [0.15, 0.2) is 29.2 Å². The first-order valence-electron chi connectivity index (χ1n) is 10.7. The number of carbonyl (C=O) groups excluding carboxylic acids is 2. The van der Waals surface area contributed by atoms with Crippen LogP contribution >= 0.6 is 0 Å². The fraction of sp³-hybridized carbons (Fsp3) is 0.619. The number of nitrogens with zero attached hydrogens (tertiary/aromatic N) is 6. The van der Waals surface area contributed by atoms with Gasteiger partial charge < -0.3 is 9.80 Å². The van der Waals surface area contributed by atoms with Gasteiger partial charge in [-0.15, -0.1) is 5.10 Å². The molecule has 9 nitrogen and oxygen atoms in total. The lowest BCUT2D eigenvalue weighted by Crippen LogP contribution is -2.53. The third-order valence-electron chi connectivity index (χ3n) is 6.08. The summed E-state index contributed by atoms with van der Waals surface area (Å²) in [5.41, 5.74) is 0.216. The highest BCUT2D eigenvalue weighted by Crippen LogP contribution is 2.21. The summed E-state index contributed by atoms with van der Waals surface area (Å²) in [6.45, 7) is 8.87. The van der Waals surface area contributed by atoms with Gasteiger partial charge in [0.15, 0.2) is 5.65 Å². The van der Waals surface area contributed by atoms with Crippen molar-refractivity contribution in [2.24, 2.45) is 11.8 Å². The van der Waals surface area contributed by atoms with Crippen molar-refractivity contribution in [1.29, 1.82) is 0 Å². The molecule has 4 rings (SSSR count). The molecule has 0 radical (unpaired) electrons. The summed E-state index contributed by atoms with van der Waals surface area (Å²) < 4.78 is 2.64. The first-order valence-corrected chi connectivity index (χ1v) is 10.7. The van der Waals surface area contributed by atoms with Crippen molar-refractivity contribution in [3.63, 3.8) is 0 Å². The molecule has 0 bridgehead atoms. The highest BCUT2D eigenvalue weighted by Gasteiger charge is 2.28. The van der Waals surface area contributed by atoms with Gasteiger partial charge >= 0.3 is 5.69 Å².